The van der Waals surface area contributed by atoms with Gasteiger partial charge in [-0.2, -0.15) is 0 Å². The van der Waals surface area contributed by atoms with Gasteiger partial charge in [0.15, 0.2) is 0 Å². The summed E-state index contributed by atoms with van der Waals surface area (Å²) in [6.07, 6.45) is 17.4. The van der Waals surface area contributed by atoms with Crippen LogP contribution in [0.1, 0.15) is 52.7 Å². The van der Waals surface area contributed by atoms with Crippen LogP contribution in [0.2, 0.25) is 0 Å². The van der Waals surface area contributed by atoms with Crippen LogP contribution in [0.25, 0.3) is 0 Å². The highest BCUT2D eigenvalue weighted by molar-refractivity contribution is 5.39. The summed E-state index contributed by atoms with van der Waals surface area (Å²) in [7, 11) is 0. The quantitative estimate of drug-likeness (QED) is 0.436. The Labute approximate surface area is 165 Å². The van der Waals surface area contributed by atoms with Crippen molar-refractivity contribution >= 4 is 0 Å². The molecule has 0 amide bonds. The fourth-order valence-corrected chi connectivity index (χ4v) is 2.66. The second-order valence-corrected chi connectivity index (χ2v) is 9.00. The van der Waals surface area contributed by atoms with Crippen LogP contribution >= 0.6 is 0 Å². The lowest BCUT2D eigenvalue weighted by molar-refractivity contribution is 0.519. The van der Waals surface area contributed by atoms with Crippen molar-refractivity contribution in [2.45, 2.75) is 53.4 Å². The lowest BCUT2D eigenvalue weighted by Crippen LogP contribution is -2.10. The molecule has 0 saturated carbocycles. The molecule has 27 heavy (non-hydrogen) atoms. The molecule has 1 aliphatic carbocycles. The first kappa shape index (κ1) is 20.8. The Kier molecular flexibility index (Phi) is 6.88. The van der Waals surface area contributed by atoms with E-state index in [0.29, 0.717) is 0 Å². The minimum atomic E-state index is 0.140. The fourth-order valence-electron chi connectivity index (χ4n) is 2.66. The summed E-state index contributed by atoms with van der Waals surface area (Å²) in [5, 5.41) is 3.26. The first-order valence-corrected chi connectivity index (χ1v) is 9.70. The zero-order valence-electron chi connectivity index (χ0n) is 17.6. The van der Waals surface area contributed by atoms with E-state index in [1.165, 1.54) is 16.7 Å². The SMILES string of the molecule is CC(C)(C)C1=C=C(N/C=C/C=C\C=C/Cc2ccc(C(C)(C)C)cc2)C=C1. The van der Waals surface area contributed by atoms with Gasteiger partial charge in [-0.05, 0) is 46.6 Å². The summed E-state index contributed by atoms with van der Waals surface area (Å²) in [4.78, 5) is 0. The van der Waals surface area contributed by atoms with Gasteiger partial charge < -0.3 is 5.32 Å². The van der Waals surface area contributed by atoms with Crippen molar-refractivity contribution in [2.75, 3.05) is 0 Å². The van der Waals surface area contributed by atoms with Crippen LogP contribution in [0, 0.1) is 5.41 Å². The average molecular weight is 360 g/mol. The van der Waals surface area contributed by atoms with Gasteiger partial charge in [-0.3, -0.25) is 0 Å². The predicted octanol–water partition coefficient (Wildman–Crippen LogP) is 6.77. The second-order valence-electron chi connectivity index (χ2n) is 9.00. The molecule has 0 bridgehead atoms. The monoisotopic (exact) mass is 359 g/mol. The van der Waals surface area contributed by atoms with E-state index >= 15 is 0 Å². The molecular formula is C26H33N. The van der Waals surface area contributed by atoms with E-state index in [2.05, 4.69) is 107 Å². The molecule has 0 saturated heterocycles. The minimum Gasteiger partial charge on any atom is -0.355 e. The van der Waals surface area contributed by atoms with Crippen molar-refractivity contribution in [1.29, 1.82) is 0 Å². The number of benzene rings is 1. The normalized spacial score (nSPS) is 15.2. The summed E-state index contributed by atoms with van der Waals surface area (Å²) >= 11 is 0. The second kappa shape index (κ2) is 8.93. The van der Waals surface area contributed by atoms with E-state index in [-0.39, 0.29) is 10.8 Å². The highest BCUT2D eigenvalue weighted by Gasteiger charge is 2.16. The van der Waals surface area contributed by atoms with Crippen molar-refractivity contribution < 1.29 is 0 Å². The molecule has 0 fully saturated rings. The molecule has 0 unspecified atom stereocenters. The van der Waals surface area contributed by atoms with Gasteiger partial charge in [0.05, 0.1) is 5.70 Å². The van der Waals surface area contributed by atoms with Crippen LogP contribution in [0.15, 0.2) is 90.0 Å². The average Bonchev–Trinajstić information content (AvgIpc) is 3.06. The van der Waals surface area contributed by atoms with Crippen molar-refractivity contribution in [2.24, 2.45) is 5.41 Å². The number of allylic oxidation sites excluding steroid dienone is 7. The van der Waals surface area contributed by atoms with Crippen LogP contribution in [-0.2, 0) is 11.8 Å². The molecule has 2 rings (SSSR count). The van der Waals surface area contributed by atoms with E-state index in [0.717, 1.165) is 12.1 Å². The molecule has 0 radical (unpaired) electrons. The summed E-state index contributed by atoms with van der Waals surface area (Å²) in [5.74, 6) is 0. The maximum Gasteiger partial charge on any atom is 0.0816 e. The van der Waals surface area contributed by atoms with Gasteiger partial charge in [0.1, 0.15) is 0 Å². The Morgan fingerprint density at radius 3 is 2.07 bits per heavy atom. The topological polar surface area (TPSA) is 12.0 Å². The molecule has 1 N–H and O–H groups in total. The van der Waals surface area contributed by atoms with Gasteiger partial charge in [-0.1, -0.05) is 95.8 Å². The lowest BCUT2D eigenvalue weighted by atomic mass is 9.86. The Morgan fingerprint density at radius 1 is 0.815 bits per heavy atom. The van der Waals surface area contributed by atoms with Crippen LogP contribution in [0.5, 0.6) is 0 Å². The van der Waals surface area contributed by atoms with Gasteiger partial charge >= 0.3 is 0 Å². The summed E-state index contributed by atoms with van der Waals surface area (Å²) < 4.78 is 0. The zero-order chi connectivity index (χ0) is 19.9. The molecule has 142 valence electrons. The Morgan fingerprint density at radius 2 is 1.48 bits per heavy atom. The van der Waals surface area contributed by atoms with E-state index in [9.17, 15) is 0 Å². The molecule has 0 aliphatic heterocycles. The van der Waals surface area contributed by atoms with Crippen LogP contribution in [0.3, 0.4) is 0 Å². The van der Waals surface area contributed by atoms with E-state index in [1.807, 2.05) is 18.4 Å². The highest BCUT2D eigenvalue weighted by Crippen LogP contribution is 2.28. The summed E-state index contributed by atoms with van der Waals surface area (Å²) in [5.41, 5.74) is 8.71. The van der Waals surface area contributed by atoms with Crippen molar-refractivity contribution in [3.63, 3.8) is 0 Å². The maximum atomic E-state index is 3.40. The van der Waals surface area contributed by atoms with Gasteiger partial charge in [0, 0.05) is 11.8 Å². The molecular weight excluding hydrogens is 326 g/mol. The van der Waals surface area contributed by atoms with Crippen molar-refractivity contribution in [1.82, 2.24) is 5.32 Å². The van der Waals surface area contributed by atoms with Crippen molar-refractivity contribution in [3.8, 4) is 0 Å². The molecule has 0 atom stereocenters. The van der Waals surface area contributed by atoms with Gasteiger partial charge in [-0.25, -0.2) is 0 Å². The molecule has 1 aromatic carbocycles. The molecule has 0 spiro atoms. The Hall–Kier alpha value is -2.50. The van der Waals surface area contributed by atoms with Crippen LogP contribution in [0.4, 0.5) is 0 Å². The molecule has 1 heteroatoms. The number of nitrogens with one attached hydrogen (secondary N) is 1. The molecule has 0 heterocycles. The third kappa shape index (κ3) is 6.96. The first-order chi connectivity index (χ1) is 12.7. The van der Waals surface area contributed by atoms with Crippen LogP contribution < -0.4 is 5.32 Å². The zero-order valence-corrected chi connectivity index (χ0v) is 17.6. The largest absolute Gasteiger partial charge is 0.355 e. The van der Waals surface area contributed by atoms with Crippen LogP contribution in [-0.4, -0.2) is 0 Å². The fraction of sp³-hybridized carbons (Fsp3) is 0.346. The van der Waals surface area contributed by atoms with E-state index in [4.69, 9.17) is 0 Å². The van der Waals surface area contributed by atoms with E-state index < -0.39 is 0 Å². The highest BCUT2D eigenvalue weighted by atomic mass is 14.8. The Balaban J connectivity index is 1.77. The molecule has 1 aromatic rings. The smallest absolute Gasteiger partial charge is 0.0816 e. The Bertz CT molecular complexity index is 806. The molecule has 1 aliphatic rings. The maximum absolute atomic E-state index is 3.40. The van der Waals surface area contributed by atoms with Gasteiger partial charge in [0.2, 0.25) is 0 Å². The number of rotatable bonds is 6. The summed E-state index contributed by atoms with van der Waals surface area (Å²) in [6, 6.07) is 8.92. The summed E-state index contributed by atoms with van der Waals surface area (Å²) in [6.45, 7) is 13.3. The lowest BCUT2D eigenvalue weighted by Gasteiger charge is -2.18. The molecule has 0 aromatic heterocycles. The van der Waals surface area contributed by atoms with Crippen molar-refractivity contribution in [3.05, 3.63) is 101 Å². The van der Waals surface area contributed by atoms with Gasteiger partial charge in [0.25, 0.3) is 0 Å². The third-order valence-corrected chi connectivity index (χ3v) is 4.47. The first-order valence-electron chi connectivity index (χ1n) is 9.70. The molecule has 1 nitrogen and oxygen atoms in total. The minimum absolute atomic E-state index is 0.140. The van der Waals surface area contributed by atoms with Gasteiger partial charge in [-0.15, -0.1) is 0 Å². The third-order valence-electron chi connectivity index (χ3n) is 4.47. The standard InChI is InChI=1S/C26H33N/c1-25(2,3)22-15-13-21(14-16-22)12-10-8-7-9-11-19-27-24-18-17-23(20-24)26(4,5)6/h7-11,13-19,27H,12H2,1-6H3/b9-7-,10-8-,19-11+. The number of hydrogen-bond acceptors (Lipinski definition) is 1. The van der Waals surface area contributed by atoms with E-state index in [1.54, 1.807) is 0 Å². The predicted molar refractivity (Wildman–Crippen MR) is 119 cm³/mol. The number of hydrogen-bond donors (Lipinski definition) is 1.